The van der Waals surface area contributed by atoms with Gasteiger partial charge in [-0.15, -0.1) is 0 Å². The maximum atomic E-state index is 6.78. The lowest BCUT2D eigenvalue weighted by molar-refractivity contribution is 0.436. The van der Waals surface area contributed by atoms with E-state index in [1.807, 2.05) is 6.20 Å². The largest absolute Gasteiger partial charge is 0.457 e. The summed E-state index contributed by atoms with van der Waals surface area (Å²) in [5.41, 5.74) is 13.9. The highest BCUT2D eigenvalue weighted by atomic mass is 16.5. The number of para-hydroxylation sites is 1. The van der Waals surface area contributed by atoms with Crippen molar-refractivity contribution in [2.45, 2.75) is 123 Å². The second-order valence-electron chi connectivity index (χ2n) is 17.7. The topological polar surface area (TPSA) is 44.9 Å². The number of pyridine rings is 1. The second-order valence-corrected chi connectivity index (χ2v) is 17.7. The molecule has 3 heterocycles. The fourth-order valence-corrected chi connectivity index (χ4v) is 9.95. The summed E-state index contributed by atoms with van der Waals surface area (Å²) in [5.74, 6) is 3.75. The Morgan fingerprint density at radius 1 is 0.625 bits per heavy atom. The Kier molecular flexibility index (Phi) is 9.59. The summed E-state index contributed by atoms with van der Waals surface area (Å²) in [6.45, 7) is 13.4. The Labute approximate surface area is 332 Å². The van der Waals surface area contributed by atoms with Crippen LogP contribution in [0, 0.1) is 20.8 Å². The molecule has 0 atom stereocenters. The minimum Gasteiger partial charge on any atom is -0.457 e. The molecule has 56 heavy (non-hydrogen) atoms. The molecule has 0 aliphatic heterocycles. The molecule has 286 valence electrons. The first-order chi connectivity index (χ1) is 27.1. The summed E-state index contributed by atoms with van der Waals surface area (Å²) in [6, 6.07) is 33.2. The van der Waals surface area contributed by atoms with Gasteiger partial charge in [-0.1, -0.05) is 95.7 Å². The van der Waals surface area contributed by atoms with E-state index >= 15 is 0 Å². The molecule has 4 aromatic carbocycles. The summed E-state index contributed by atoms with van der Waals surface area (Å²) in [5, 5.41) is 7.68. The van der Waals surface area contributed by atoms with E-state index in [4.69, 9.17) is 14.8 Å². The van der Waals surface area contributed by atoms with Gasteiger partial charge in [0.15, 0.2) is 0 Å². The maximum Gasteiger partial charge on any atom is 0.137 e. The van der Waals surface area contributed by atoms with E-state index < -0.39 is 0 Å². The van der Waals surface area contributed by atoms with Crippen LogP contribution in [-0.2, 0) is 5.41 Å². The van der Waals surface area contributed by atoms with Crippen LogP contribution in [0.4, 0.5) is 0 Å². The zero-order valence-electron chi connectivity index (χ0n) is 34.2. The van der Waals surface area contributed by atoms with E-state index in [0.29, 0.717) is 11.8 Å². The first-order valence-corrected chi connectivity index (χ1v) is 21.1. The quantitative estimate of drug-likeness (QED) is 0.163. The molecule has 0 amide bonds. The smallest absolute Gasteiger partial charge is 0.137 e. The predicted octanol–water partition coefficient (Wildman–Crippen LogP) is 14.1. The van der Waals surface area contributed by atoms with E-state index in [0.717, 1.165) is 45.3 Å². The zero-order valence-corrected chi connectivity index (χ0v) is 34.2. The average molecular weight is 741 g/mol. The third-order valence-electron chi connectivity index (χ3n) is 12.8. The predicted molar refractivity (Wildman–Crippen MR) is 232 cm³/mol. The third-order valence-corrected chi connectivity index (χ3v) is 12.8. The number of benzene rings is 4. The Bertz CT molecular complexity index is 2520. The van der Waals surface area contributed by atoms with Crippen LogP contribution in [0.3, 0.4) is 0 Å². The van der Waals surface area contributed by atoms with Gasteiger partial charge in [0.25, 0.3) is 0 Å². The van der Waals surface area contributed by atoms with Crippen molar-refractivity contribution in [3.8, 4) is 34.1 Å². The molecule has 7 aromatic rings. The fraction of sp³-hybridized carbons (Fsp3) is 0.373. The van der Waals surface area contributed by atoms with Crippen molar-refractivity contribution < 1.29 is 4.74 Å². The monoisotopic (exact) mass is 740 g/mol. The highest BCUT2D eigenvalue weighted by Crippen LogP contribution is 2.47. The Hall–Kier alpha value is -5.16. The molecule has 2 aliphatic carbocycles. The van der Waals surface area contributed by atoms with Crippen molar-refractivity contribution in [2.75, 3.05) is 0 Å². The minimum atomic E-state index is 0.0102. The van der Waals surface area contributed by atoms with Crippen LogP contribution in [-0.4, -0.2) is 19.3 Å². The number of aromatic nitrogens is 4. The highest BCUT2D eigenvalue weighted by Gasteiger charge is 2.29. The van der Waals surface area contributed by atoms with Crippen LogP contribution in [0.1, 0.15) is 130 Å². The molecule has 0 unspecified atom stereocenters. The number of ether oxygens (including phenoxy) is 1. The van der Waals surface area contributed by atoms with Gasteiger partial charge < -0.3 is 4.74 Å². The van der Waals surface area contributed by atoms with Crippen molar-refractivity contribution in [2.24, 2.45) is 0 Å². The molecule has 2 saturated carbocycles. The lowest BCUT2D eigenvalue weighted by atomic mass is 9.75. The van der Waals surface area contributed by atoms with Crippen molar-refractivity contribution >= 4 is 21.8 Å². The number of fused-ring (bicyclic) bond motifs is 3. The lowest BCUT2D eigenvalue weighted by Gasteiger charge is -2.30. The molecule has 2 aliphatic rings. The Morgan fingerprint density at radius 2 is 1.30 bits per heavy atom. The van der Waals surface area contributed by atoms with Crippen LogP contribution in [0.25, 0.3) is 44.4 Å². The van der Waals surface area contributed by atoms with E-state index in [9.17, 15) is 0 Å². The Balaban J connectivity index is 1.11. The summed E-state index contributed by atoms with van der Waals surface area (Å²) in [6.07, 6.45) is 15.1. The van der Waals surface area contributed by atoms with E-state index in [1.165, 1.54) is 97.4 Å². The molecule has 5 nitrogen and oxygen atoms in total. The first kappa shape index (κ1) is 36.5. The number of nitrogens with zero attached hydrogens (tertiary/aromatic N) is 4. The molecule has 3 aromatic heterocycles. The van der Waals surface area contributed by atoms with Gasteiger partial charge in [-0.25, -0.2) is 9.67 Å². The SMILES string of the molecule is Cc1cc(Oc2ccc3c4ccccc4n(-c4cc(C(C)(C)C)ccn4)c3c2)cc(-n2nc(C)c(-c3c(C4CCCCC4)cccc3C3CCCCC3)c2C)c1. The first-order valence-electron chi connectivity index (χ1n) is 21.1. The molecule has 0 saturated heterocycles. The summed E-state index contributed by atoms with van der Waals surface area (Å²) in [7, 11) is 0. The van der Waals surface area contributed by atoms with Gasteiger partial charge in [-0.3, -0.25) is 4.57 Å². The van der Waals surface area contributed by atoms with E-state index in [2.05, 4.69) is 142 Å². The molecule has 0 bridgehead atoms. The number of hydrogen-bond donors (Lipinski definition) is 0. The van der Waals surface area contributed by atoms with Crippen molar-refractivity contribution in [1.82, 2.24) is 19.3 Å². The van der Waals surface area contributed by atoms with Crippen LogP contribution in [0.2, 0.25) is 0 Å². The van der Waals surface area contributed by atoms with Crippen molar-refractivity contribution in [1.29, 1.82) is 0 Å². The molecule has 0 N–H and O–H groups in total. The van der Waals surface area contributed by atoms with E-state index in [1.54, 1.807) is 11.1 Å². The summed E-state index contributed by atoms with van der Waals surface area (Å²) < 4.78 is 11.2. The summed E-state index contributed by atoms with van der Waals surface area (Å²) >= 11 is 0. The second kappa shape index (κ2) is 14.7. The lowest BCUT2D eigenvalue weighted by Crippen LogP contribution is -2.12. The zero-order chi connectivity index (χ0) is 38.6. The van der Waals surface area contributed by atoms with Gasteiger partial charge in [0.2, 0.25) is 0 Å². The molecule has 0 radical (unpaired) electrons. The molecule has 2 fully saturated rings. The molecule has 9 rings (SSSR count). The van der Waals surface area contributed by atoms with Crippen LogP contribution >= 0.6 is 0 Å². The average Bonchev–Trinajstić information content (AvgIpc) is 3.70. The summed E-state index contributed by atoms with van der Waals surface area (Å²) in [4.78, 5) is 4.88. The van der Waals surface area contributed by atoms with Gasteiger partial charge in [-0.05, 0) is 134 Å². The molecule has 5 heteroatoms. The van der Waals surface area contributed by atoms with Crippen LogP contribution in [0.15, 0.2) is 97.2 Å². The maximum absolute atomic E-state index is 6.78. The van der Waals surface area contributed by atoms with Crippen molar-refractivity contribution in [3.05, 3.63) is 131 Å². The van der Waals surface area contributed by atoms with Crippen LogP contribution in [0.5, 0.6) is 11.5 Å². The number of hydrogen-bond acceptors (Lipinski definition) is 3. The van der Waals surface area contributed by atoms with Gasteiger partial charge in [0, 0.05) is 40.4 Å². The number of rotatable bonds is 7. The number of aryl methyl sites for hydroxylation is 2. The van der Waals surface area contributed by atoms with Crippen LogP contribution < -0.4 is 4.74 Å². The van der Waals surface area contributed by atoms with Gasteiger partial charge in [-0.2, -0.15) is 5.10 Å². The standard InChI is InChI=1S/C51H56N4O/c1-33-28-39(55-35(3)49(34(2)53-55)50-42(36-16-9-7-10-17-36)21-15-22-43(50)37-18-11-8-12-19-37)31-41(29-33)56-40-24-25-45-44-20-13-14-23-46(44)54(47(45)32-40)48-30-38(26-27-52-48)51(4,5)6/h13-15,20-32,36-37H,7-12,16-19H2,1-6H3. The van der Waals surface area contributed by atoms with Gasteiger partial charge in [0.05, 0.1) is 22.4 Å². The fourth-order valence-electron chi connectivity index (χ4n) is 9.95. The molecule has 0 spiro atoms. The van der Waals surface area contributed by atoms with Gasteiger partial charge in [0.1, 0.15) is 17.3 Å². The Morgan fingerprint density at radius 3 is 2.00 bits per heavy atom. The normalized spacial score (nSPS) is 15.9. The molecular formula is C51H56N4O. The minimum absolute atomic E-state index is 0.0102. The highest BCUT2D eigenvalue weighted by molar-refractivity contribution is 6.09. The van der Waals surface area contributed by atoms with E-state index in [-0.39, 0.29) is 5.41 Å². The third kappa shape index (κ3) is 6.73. The van der Waals surface area contributed by atoms with Gasteiger partial charge >= 0.3 is 0 Å². The molecular weight excluding hydrogens is 685 g/mol. The van der Waals surface area contributed by atoms with Crippen molar-refractivity contribution in [3.63, 3.8) is 0 Å².